The van der Waals surface area contributed by atoms with E-state index >= 15 is 0 Å². The molecule has 0 spiro atoms. The molecule has 1 aliphatic heterocycles. The number of nitrogens with two attached hydrogens (primary N) is 1. The van der Waals surface area contributed by atoms with Crippen LogP contribution in [0.25, 0.3) is 0 Å². The number of carbonyl (C=O) groups excluding carboxylic acids is 1. The summed E-state index contributed by atoms with van der Waals surface area (Å²) in [4.78, 5) is 21.6. The van der Waals surface area contributed by atoms with Crippen molar-refractivity contribution < 1.29 is 13.7 Å². The van der Waals surface area contributed by atoms with E-state index in [0.29, 0.717) is 11.4 Å². The molecule has 1 aromatic carbocycles. The van der Waals surface area contributed by atoms with Crippen LogP contribution in [0.5, 0.6) is 5.75 Å². The number of hydrogen-bond donors (Lipinski definition) is 2. The molecule has 2 heterocycles. The van der Waals surface area contributed by atoms with Crippen molar-refractivity contribution in [3.05, 3.63) is 51.8 Å². The molecule has 2 aromatic rings. The van der Waals surface area contributed by atoms with Gasteiger partial charge in [0.05, 0.1) is 18.4 Å². The number of amides is 1. The summed E-state index contributed by atoms with van der Waals surface area (Å²) >= 11 is 3.32. The van der Waals surface area contributed by atoms with E-state index in [9.17, 15) is 9.00 Å². The molecular formula is C20H22BrN5O3S. The largest absolute Gasteiger partial charge is 0.494 e. The molecule has 0 radical (unpaired) electrons. The molecule has 3 atom stereocenters. The summed E-state index contributed by atoms with van der Waals surface area (Å²) in [6.07, 6.45) is 4.14. The molecule has 0 saturated heterocycles. The van der Waals surface area contributed by atoms with Crippen molar-refractivity contribution in [1.82, 2.24) is 9.29 Å². The molecule has 10 heteroatoms. The van der Waals surface area contributed by atoms with Crippen LogP contribution < -0.4 is 15.8 Å². The summed E-state index contributed by atoms with van der Waals surface area (Å²) < 4.78 is 20.4. The molecule has 158 valence electrons. The van der Waals surface area contributed by atoms with Gasteiger partial charge >= 0.3 is 0 Å². The SMILES string of the molecule is COc1cc(Br)cnc1C(=O)Nc1ccc2c(c1)C1N=C(N)N(C)S(=O)C1CCC2. The van der Waals surface area contributed by atoms with Gasteiger partial charge in [0.25, 0.3) is 5.91 Å². The van der Waals surface area contributed by atoms with Crippen molar-refractivity contribution in [3.8, 4) is 5.75 Å². The highest BCUT2D eigenvalue weighted by Crippen LogP contribution is 2.38. The van der Waals surface area contributed by atoms with Gasteiger partial charge in [0.2, 0.25) is 5.96 Å². The fourth-order valence-corrected chi connectivity index (χ4v) is 5.59. The van der Waals surface area contributed by atoms with Gasteiger partial charge in [-0.15, -0.1) is 0 Å². The van der Waals surface area contributed by atoms with Crippen LogP contribution in [0.1, 0.15) is 40.5 Å². The minimum Gasteiger partial charge on any atom is -0.494 e. The number of aromatic nitrogens is 1. The van der Waals surface area contributed by atoms with Crippen molar-refractivity contribution in [2.45, 2.75) is 30.6 Å². The number of carbonyl (C=O) groups is 1. The molecule has 0 saturated carbocycles. The fraction of sp³-hybridized carbons (Fsp3) is 0.350. The summed E-state index contributed by atoms with van der Waals surface area (Å²) in [5.41, 5.74) is 8.91. The number of benzene rings is 1. The van der Waals surface area contributed by atoms with Gasteiger partial charge in [0.15, 0.2) is 11.4 Å². The Morgan fingerprint density at radius 3 is 2.97 bits per heavy atom. The second-order valence-electron chi connectivity index (χ2n) is 7.21. The lowest BCUT2D eigenvalue weighted by Crippen LogP contribution is -2.46. The number of halogens is 1. The number of anilines is 1. The van der Waals surface area contributed by atoms with Crippen LogP contribution in [0.2, 0.25) is 0 Å². The molecule has 30 heavy (non-hydrogen) atoms. The second kappa shape index (κ2) is 8.35. The number of aryl methyl sites for hydroxylation is 1. The third-order valence-corrected chi connectivity index (χ3v) is 7.56. The van der Waals surface area contributed by atoms with Crippen LogP contribution in [0.4, 0.5) is 5.69 Å². The standard InChI is InChI=1S/C20H22BrN5O3S/c1-26-20(22)25-17-14-9-13(7-6-11(14)4-3-5-16(17)30(26)28)24-19(27)18-15(29-2)8-12(21)10-23-18/h6-10,16-17H,3-5H2,1-2H3,(H2,22,25)(H,24,27). The predicted molar refractivity (Wildman–Crippen MR) is 120 cm³/mol. The van der Waals surface area contributed by atoms with Gasteiger partial charge in [0, 0.05) is 23.4 Å². The molecule has 1 amide bonds. The molecule has 0 fully saturated rings. The molecule has 8 nitrogen and oxygen atoms in total. The average molecular weight is 492 g/mol. The second-order valence-corrected chi connectivity index (χ2v) is 9.83. The lowest BCUT2D eigenvalue weighted by Gasteiger charge is -2.33. The molecule has 3 N–H and O–H groups in total. The Kier molecular flexibility index (Phi) is 5.79. The number of rotatable bonds is 3. The third-order valence-electron chi connectivity index (χ3n) is 5.39. The number of nitrogens with one attached hydrogen (secondary N) is 1. The smallest absolute Gasteiger partial charge is 0.278 e. The zero-order valence-electron chi connectivity index (χ0n) is 16.6. The molecule has 4 rings (SSSR count). The Bertz CT molecular complexity index is 1060. The zero-order valence-corrected chi connectivity index (χ0v) is 19.0. The Morgan fingerprint density at radius 1 is 1.40 bits per heavy atom. The topological polar surface area (TPSA) is 110 Å². The van der Waals surface area contributed by atoms with Gasteiger partial charge in [-0.2, -0.15) is 0 Å². The van der Waals surface area contributed by atoms with Crippen LogP contribution in [0.15, 0.2) is 39.9 Å². The van der Waals surface area contributed by atoms with E-state index in [1.807, 2.05) is 18.2 Å². The van der Waals surface area contributed by atoms with Gasteiger partial charge < -0.3 is 15.8 Å². The zero-order chi connectivity index (χ0) is 21.4. The lowest BCUT2D eigenvalue weighted by molar-refractivity contribution is 0.101. The summed E-state index contributed by atoms with van der Waals surface area (Å²) in [6.45, 7) is 0. The Hall–Kier alpha value is -2.46. The van der Waals surface area contributed by atoms with Crippen molar-refractivity contribution >= 4 is 44.5 Å². The first-order valence-electron chi connectivity index (χ1n) is 9.50. The maximum Gasteiger partial charge on any atom is 0.278 e. The van der Waals surface area contributed by atoms with Gasteiger partial charge in [-0.25, -0.2) is 14.2 Å². The quantitative estimate of drug-likeness (QED) is 0.685. The van der Waals surface area contributed by atoms with E-state index in [1.165, 1.54) is 11.4 Å². The lowest BCUT2D eigenvalue weighted by atomic mass is 9.98. The average Bonchev–Trinajstić information content (AvgIpc) is 2.91. The Balaban J connectivity index is 1.67. The van der Waals surface area contributed by atoms with Crippen LogP contribution in [-0.4, -0.2) is 44.8 Å². The van der Waals surface area contributed by atoms with Gasteiger partial charge in [-0.3, -0.25) is 9.10 Å². The van der Waals surface area contributed by atoms with Crippen molar-refractivity contribution in [2.75, 3.05) is 19.5 Å². The van der Waals surface area contributed by atoms with Gasteiger partial charge in [0.1, 0.15) is 11.0 Å². The summed E-state index contributed by atoms with van der Waals surface area (Å²) in [5.74, 6) is 0.264. The maximum absolute atomic E-state index is 12.9. The number of nitrogens with zero attached hydrogens (tertiary/aromatic N) is 3. The summed E-state index contributed by atoms with van der Waals surface area (Å²) in [5, 5.41) is 2.75. The number of methoxy groups -OCH3 is 1. The van der Waals surface area contributed by atoms with Crippen LogP contribution in [0.3, 0.4) is 0 Å². The number of guanidine groups is 1. The van der Waals surface area contributed by atoms with E-state index in [0.717, 1.165) is 34.9 Å². The maximum atomic E-state index is 12.9. The van der Waals surface area contributed by atoms with Gasteiger partial charge in [-0.05, 0) is 64.5 Å². The number of ether oxygens (including phenoxy) is 1. The monoisotopic (exact) mass is 491 g/mol. The number of hydrogen-bond acceptors (Lipinski definition) is 6. The molecule has 1 aromatic heterocycles. The minimum absolute atomic E-state index is 0.136. The summed E-state index contributed by atoms with van der Waals surface area (Å²) in [6, 6.07) is 7.15. The van der Waals surface area contributed by atoms with Crippen LogP contribution >= 0.6 is 15.9 Å². The first kappa shape index (κ1) is 20.8. The highest BCUT2D eigenvalue weighted by atomic mass is 79.9. The number of fused-ring (bicyclic) bond motifs is 3. The van der Waals surface area contributed by atoms with Crippen molar-refractivity contribution in [3.63, 3.8) is 0 Å². The molecule has 1 aliphatic carbocycles. The van der Waals surface area contributed by atoms with E-state index in [4.69, 9.17) is 10.5 Å². The van der Waals surface area contributed by atoms with E-state index in [2.05, 4.69) is 31.2 Å². The molecular weight excluding hydrogens is 470 g/mol. The van der Waals surface area contributed by atoms with Crippen LogP contribution in [-0.2, 0) is 17.4 Å². The highest BCUT2D eigenvalue weighted by Gasteiger charge is 2.38. The Labute approximate surface area is 185 Å². The fourth-order valence-electron chi connectivity index (χ4n) is 3.85. The predicted octanol–water partition coefficient (Wildman–Crippen LogP) is 2.77. The molecule has 3 unspecified atom stereocenters. The van der Waals surface area contributed by atoms with Crippen molar-refractivity contribution in [2.24, 2.45) is 10.7 Å². The van der Waals surface area contributed by atoms with E-state index < -0.39 is 11.0 Å². The number of pyridine rings is 1. The van der Waals surface area contributed by atoms with Crippen LogP contribution in [0, 0.1) is 0 Å². The van der Waals surface area contributed by atoms with Gasteiger partial charge in [-0.1, -0.05) is 6.07 Å². The van der Waals surface area contributed by atoms with Crippen molar-refractivity contribution in [1.29, 1.82) is 0 Å². The summed E-state index contributed by atoms with van der Waals surface area (Å²) in [7, 11) is 1.95. The third kappa shape index (κ3) is 3.81. The normalized spacial score (nSPS) is 23.0. The molecule has 0 bridgehead atoms. The number of aliphatic imine (C=N–C) groups is 1. The minimum atomic E-state index is -1.24. The first-order chi connectivity index (χ1) is 14.4. The van der Waals surface area contributed by atoms with E-state index in [1.54, 1.807) is 19.3 Å². The molecule has 2 aliphatic rings. The highest BCUT2D eigenvalue weighted by molar-refractivity contribution is 9.10. The van der Waals surface area contributed by atoms with E-state index in [-0.39, 0.29) is 28.9 Å². The Morgan fingerprint density at radius 2 is 2.20 bits per heavy atom. The first-order valence-corrected chi connectivity index (χ1v) is 11.5.